The number of allylic oxidation sites excluding steroid dienone is 1. The maximum absolute atomic E-state index is 15.4. The zero-order chi connectivity index (χ0) is 30.1. The van der Waals surface area contributed by atoms with Gasteiger partial charge in [0.05, 0.1) is 11.2 Å². The van der Waals surface area contributed by atoms with Crippen LogP contribution < -0.4 is 9.64 Å². The Morgan fingerprint density at radius 1 is 1.23 bits per heavy atom. The number of piperazine rings is 1. The Kier molecular flexibility index (Phi) is 8.34. The molecule has 43 heavy (non-hydrogen) atoms. The summed E-state index contributed by atoms with van der Waals surface area (Å²) in [5, 5.41) is 0. The molecule has 0 bridgehead atoms. The van der Waals surface area contributed by atoms with Gasteiger partial charge in [0.15, 0.2) is 0 Å². The molecule has 0 saturated carbocycles. The molecular formula is C32H39F2N7O2. The van der Waals surface area contributed by atoms with E-state index in [1.165, 1.54) is 12.2 Å². The number of anilines is 1. The Balaban J connectivity index is 1.35. The minimum absolute atomic E-state index is 0.134. The van der Waals surface area contributed by atoms with Gasteiger partial charge in [-0.1, -0.05) is 12.1 Å². The third kappa shape index (κ3) is 5.47. The minimum atomic E-state index is -0.713. The number of aromatic nitrogens is 2. The van der Waals surface area contributed by atoms with E-state index in [0.717, 1.165) is 60.4 Å². The smallest absolute Gasteiger partial charge is 0.318 e. The first kappa shape index (κ1) is 29.5. The highest BCUT2D eigenvalue weighted by Gasteiger charge is 2.48. The van der Waals surface area contributed by atoms with Crippen molar-refractivity contribution in [3.63, 3.8) is 0 Å². The van der Waals surface area contributed by atoms with Crippen molar-refractivity contribution in [3.05, 3.63) is 70.0 Å². The standard InChI is InChI=1S/C32H39F2N7O2/c1-35-18-24-19-40(15-16-41(24)28(42)10-5-13-33)30-25-20-39(3)32(12-11-22-7-4-9-26(34)29(22)32)17-27(25)36-31(37-30)43-21-23-8-6-14-38(23)2/h4-5,7,9-10,23-24H,6,8,11-21H2,2-3H3/b10-5+/t23-,24-,32?/m0/s1. The fraction of sp³-hybridized carbons (Fsp3) is 0.562. The second-order valence-electron chi connectivity index (χ2n) is 12.2. The Bertz CT molecular complexity index is 1450. The monoisotopic (exact) mass is 591 g/mol. The molecule has 1 amide bonds. The first-order valence-corrected chi connectivity index (χ1v) is 15.2. The molecule has 1 aromatic heterocycles. The summed E-state index contributed by atoms with van der Waals surface area (Å²) in [6.07, 6.45) is 6.80. The van der Waals surface area contributed by atoms with Crippen molar-refractivity contribution in [1.82, 2.24) is 24.7 Å². The Morgan fingerprint density at radius 3 is 2.86 bits per heavy atom. The van der Waals surface area contributed by atoms with Crippen LogP contribution in [0.1, 0.15) is 41.6 Å². The van der Waals surface area contributed by atoms with Crippen LogP contribution in [0.3, 0.4) is 0 Å². The second-order valence-corrected chi connectivity index (χ2v) is 12.2. The summed E-state index contributed by atoms with van der Waals surface area (Å²) in [5.41, 5.74) is 3.16. The van der Waals surface area contributed by atoms with E-state index in [9.17, 15) is 9.18 Å². The van der Waals surface area contributed by atoms with Gasteiger partial charge in [0.2, 0.25) is 12.5 Å². The predicted molar refractivity (Wildman–Crippen MR) is 159 cm³/mol. The van der Waals surface area contributed by atoms with Crippen molar-refractivity contribution in [1.29, 1.82) is 0 Å². The van der Waals surface area contributed by atoms with Crippen LogP contribution in [0.2, 0.25) is 0 Å². The van der Waals surface area contributed by atoms with Crippen LogP contribution in [0.5, 0.6) is 6.01 Å². The molecule has 1 unspecified atom stereocenters. The third-order valence-electron chi connectivity index (χ3n) is 9.80. The molecule has 4 heterocycles. The van der Waals surface area contributed by atoms with Gasteiger partial charge < -0.3 is 24.3 Å². The number of benzene rings is 1. The molecule has 1 aliphatic carbocycles. The van der Waals surface area contributed by atoms with Crippen molar-refractivity contribution >= 4 is 11.7 Å². The summed E-state index contributed by atoms with van der Waals surface area (Å²) >= 11 is 0. The lowest BCUT2D eigenvalue weighted by Gasteiger charge is -2.46. The molecule has 0 radical (unpaired) electrons. The topological polar surface area (TPSA) is 69.4 Å². The highest BCUT2D eigenvalue weighted by molar-refractivity contribution is 5.88. The number of aryl methyl sites for hydroxylation is 1. The lowest BCUT2D eigenvalue weighted by Crippen LogP contribution is -2.57. The summed E-state index contributed by atoms with van der Waals surface area (Å²) in [6.45, 7) is 10.3. The van der Waals surface area contributed by atoms with E-state index in [1.807, 2.05) is 13.1 Å². The lowest BCUT2D eigenvalue weighted by molar-refractivity contribution is -0.128. The molecule has 1 spiro atoms. The van der Waals surface area contributed by atoms with Gasteiger partial charge in [0.25, 0.3) is 0 Å². The van der Waals surface area contributed by atoms with E-state index in [-0.39, 0.29) is 24.3 Å². The molecule has 2 saturated heterocycles. The van der Waals surface area contributed by atoms with Gasteiger partial charge in [-0.05, 0) is 64.0 Å². The SMILES string of the molecule is [C-]#[N+]C[C@H]1CN(c2nc(OC[C@@H]3CCCN3C)nc3c2CN(C)C2(CCc4cccc(F)c42)C3)CCN1C(=O)/C=C/CF. The molecule has 0 N–H and O–H groups in total. The van der Waals surface area contributed by atoms with Gasteiger partial charge in [-0.2, -0.15) is 9.97 Å². The minimum Gasteiger partial charge on any atom is -0.462 e. The molecule has 1 aromatic carbocycles. The van der Waals surface area contributed by atoms with Crippen LogP contribution in [0, 0.1) is 12.4 Å². The van der Waals surface area contributed by atoms with E-state index in [2.05, 4.69) is 26.6 Å². The third-order valence-corrected chi connectivity index (χ3v) is 9.80. The number of hydrogen-bond acceptors (Lipinski definition) is 7. The van der Waals surface area contributed by atoms with Crippen molar-refractivity contribution in [2.75, 3.05) is 65.0 Å². The summed E-state index contributed by atoms with van der Waals surface area (Å²) in [7, 11) is 4.15. The zero-order valence-electron chi connectivity index (χ0n) is 24.9. The van der Waals surface area contributed by atoms with Gasteiger partial charge in [0, 0.05) is 55.8 Å². The highest BCUT2D eigenvalue weighted by Crippen LogP contribution is 2.49. The predicted octanol–water partition coefficient (Wildman–Crippen LogP) is 3.38. The van der Waals surface area contributed by atoms with Crippen molar-refractivity contribution in [2.24, 2.45) is 0 Å². The van der Waals surface area contributed by atoms with Gasteiger partial charge in [-0.3, -0.25) is 9.69 Å². The molecule has 9 nitrogen and oxygen atoms in total. The quantitative estimate of drug-likeness (QED) is 0.361. The number of halogens is 2. The van der Waals surface area contributed by atoms with Crippen LogP contribution in [0.4, 0.5) is 14.6 Å². The highest BCUT2D eigenvalue weighted by atomic mass is 19.1. The van der Waals surface area contributed by atoms with E-state index < -0.39 is 12.2 Å². The average Bonchev–Trinajstić information content (AvgIpc) is 3.59. The van der Waals surface area contributed by atoms with E-state index in [0.29, 0.717) is 51.3 Å². The van der Waals surface area contributed by atoms with Gasteiger partial charge in [-0.25, -0.2) is 15.4 Å². The fourth-order valence-electron chi connectivity index (χ4n) is 7.45. The average molecular weight is 592 g/mol. The largest absolute Gasteiger partial charge is 0.462 e. The van der Waals surface area contributed by atoms with Gasteiger partial charge in [-0.15, -0.1) is 0 Å². The Labute approximate surface area is 251 Å². The summed E-state index contributed by atoms with van der Waals surface area (Å²) < 4.78 is 34.3. The second kappa shape index (κ2) is 12.2. The number of likely N-dealkylation sites (N-methyl/N-ethyl adjacent to an activating group) is 2. The maximum Gasteiger partial charge on any atom is 0.318 e. The van der Waals surface area contributed by atoms with Crippen LogP contribution in [-0.2, 0) is 29.7 Å². The van der Waals surface area contributed by atoms with Crippen molar-refractivity contribution < 1.29 is 18.3 Å². The molecule has 2 fully saturated rings. The summed E-state index contributed by atoms with van der Waals surface area (Å²) in [4.78, 5) is 34.6. The first-order valence-electron chi connectivity index (χ1n) is 15.2. The van der Waals surface area contributed by atoms with E-state index in [4.69, 9.17) is 21.3 Å². The molecule has 228 valence electrons. The normalized spacial score (nSPS) is 25.7. The van der Waals surface area contributed by atoms with Crippen LogP contribution >= 0.6 is 0 Å². The maximum atomic E-state index is 15.4. The lowest BCUT2D eigenvalue weighted by atomic mass is 9.80. The van der Waals surface area contributed by atoms with E-state index >= 15 is 4.39 Å². The number of amides is 1. The molecule has 4 aliphatic rings. The number of fused-ring (bicyclic) bond motifs is 3. The summed E-state index contributed by atoms with van der Waals surface area (Å²) in [6, 6.07) is 5.60. The molecule has 3 aliphatic heterocycles. The van der Waals surface area contributed by atoms with Crippen LogP contribution in [-0.4, -0.2) is 103 Å². The molecule has 3 atom stereocenters. The molecular weight excluding hydrogens is 552 g/mol. The zero-order valence-corrected chi connectivity index (χ0v) is 24.9. The summed E-state index contributed by atoms with van der Waals surface area (Å²) in [5.74, 6) is 0.281. The Hall–Kier alpha value is -3.62. The van der Waals surface area contributed by atoms with Gasteiger partial charge >= 0.3 is 6.01 Å². The number of nitrogens with zero attached hydrogens (tertiary/aromatic N) is 7. The number of carbonyl (C=O) groups is 1. The number of carbonyl (C=O) groups excluding carboxylic acids is 1. The molecule has 2 aromatic rings. The number of alkyl halides is 1. The number of hydrogen-bond donors (Lipinski definition) is 0. The first-order chi connectivity index (χ1) is 20.8. The Morgan fingerprint density at radius 2 is 2.09 bits per heavy atom. The molecule has 6 rings (SSSR count). The van der Waals surface area contributed by atoms with Gasteiger partial charge in [0.1, 0.15) is 31.0 Å². The van der Waals surface area contributed by atoms with Crippen molar-refractivity contribution in [3.8, 4) is 6.01 Å². The van der Waals surface area contributed by atoms with Crippen molar-refractivity contribution in [2.45, 2.75) is 56.3 Å². The van der Waals surface area contributed by atoms with Crippen LogP contribution in [0.15, 0.2) is 30.4 Å². The fourth-order valence-corrected chi connectivity index (χ4v) is 7.45. The van der Waals surface area contributed by atoms with E-state index in [1.54, 1.807) is 17.0 Å². The number of likely N-dealkylation sites (tertiary alicyclic amines) is 1. The van der Waals surface area contributed by atoms with Crippen LogP contribution in [0.25, 0.3) is 4.85 Å². The molecule has 11 heteroatoms. The number of rotatable bonds is 7. The number of ether oxygens (including phenoxy) is 1.